The van der Waals surface area contributed by atoms with Crippen LogP contribution in [0.2, 0.25) is 0 Å². The molecule has 0 radical (unpaired) electrons. The van der Waals surface area contributed by atoms with Gasteiger partial charge in [-0.3, -0.25) is 14.9 Å². The van der Waals surface area contributed by atoms with Crippen molar-refractivity contribution < 1.29 is 4.52 Å². The summed E-state index contributed by atoms with van der Waals surface area (Å²) in [7, 11) is 0. The number of aryl methyl sites for hydroxylation is 1. The fraction of sp³-hybridized carbons (Fsp3) is 0.238. The summed E-state index contributed by atoms with van der Waals surface area (Å²) in [6.07, 6.45) is 4.76. The molecule has 7 heteroatoms. The van der Waals surface area contributed by atoms with Gasteiger partial charge in [0.05, 0.1) is 11.3 Å². The second-order valence-corrected chi connectivity index (χ2v) is 7.72. The summed E-state index contributed by atoms with van der Waals surface area (Å²) in [6.45, 7) is 4.67. The molecule has 140 valence electrons. The van der Waals surface area contributed by atoms with Crippen LogP contribution in [0, 0.1) is 6.92 Å². The minimum absolute atomic E-state index is 0.556. The van der Waals surface area contributed by atoms with Crippen LogP contribution in [0.4, 0.5) is 0 Å². The summed E-state index contributed by atoms with van der Waals surface area (Å²) in [5, 5.41) is 8.27. The molecule has 0 saturated heterocycles. The molecule has 0 aromatic carbocycles. The normalized spacial score (nSPS) is 14.2. The van der Waals surface area contributed by atoms with Crippen molar-refractivity contribution in [1.29, 1.82) is 0 Å². The quantitative estimate of drug-likeness (QED) is 0.523. The molecule has 6 nitrogen and oxygen atoms in total. The van der Waals surface area contributed by atoms with Crippen LogP contribution in [0.3, 0.4) is 0 Å². The van der Waals surface area contributed by atoms with Crippen LogP contribution in [0.25, 0.3) is 22.8 Å². The van der Waals surface area contributed by atoms with Gasteiger partial charge in [-0.25, -0.2) is 0 Å². The van der Waals surface area contributed by atoms with Gasteiger partial charge in [0.25, 0.3) is 5.89 Å². The lowest BCUT2D eigenvalue weighted by molar-refractivity contribution is 0.242. The predicted octanol–water partition coefficient (Wildman–Crippen LogP) is 4.12. The fourth-order valence-electron chi connectivity index (χ4n) is 3.69. The highest BCUT2D eigenvalue weighted by atomic mass is 32.1. The van der Waals surface area contributed by atoms with E-state index in [9.17, 15) is 0 Å². The molecule has 28 heavy (non-hydrogen) atoms. The number of rotatable bonds is 4. The van der Waals surface area contributed by atoms with Gasteiger partial charge in [-0.1, -0.05) is 11.2 Å². The third-order valence-electron chi connectivity index (χ3n) is 5.07. The summed E-state index contributed by atoms with van der Waals surface area (Å²) in [5.74, 6) is 1.18. The Labute approximate surface area is 166 Å². The van der Waals surface area contributed by atoms with Crippen molar-refractivity contribution in [2.45, 2.75) is 26.4 Å². The SMILES string of the molecule is Cc1ncc2c(c1-c1noc(-c3ccsc3)n1)CCN(Cc1ccccn1)C2. The average Bonchev–Trinajstić information content (AvgIpc) is 3.41. The molecule has 5 rings (SSSR count). The highest BCUT2D eigenvalue weighted by Gasteiger charge is 2.24. The molecular formula is C21H19N5OS. The van der Waals surface area contributed by atoms with Gasteiger partial charge in [0.2, 0.25) is 5.82 Å². The van der Waals surface area contributed by atoms with E-state index in [-0.39, 0.29) is 0 Å². The smallest absolute Gasteiger partial charge is 0.259 e. The third-order valence-corrected chi connectivity index (χ3v) is 5.75. The maximum Gasteiger partial charge on any atom is 0.259 e. The van der Waals surface area contributed by atoms with E-state index in [0.29, 0.717) is 11.7 Å². The van der Waals surface area contributed by atoms with Gasteiger partial charge in [-0.05, 0) is 48.1 Å². The zero-order valence-electron chi connectivity index (χ0n) is 15.5. The molecule has 0 bridgehead atoms. The first-order valence-electron chi connectivity index (χ1n) is 9.24. The molecule has 0 atom stereocenters. The van der Waals surface area contributed by atoms with Crippen molar-refractivity contribution in [2.24, 2.45) is 0 Å². The number of thiophene rings is 1. The van der Waals surface area contributed by atoms with E-state index in [1.807, 2.05) is 48.3 Å². The molecule has 4 aromatic heterocycles. The van der Waals surface area contributed by atoms with E-state index in [0.717, 1.165) is 48.6 Å². The molecule has 4 aromatic rings. The number of hydrogen-bond donors (Lipinski definition) is 0. The summed E-state index contributed by atoms with van der Waals surface area (Å²) >= 11 is 1.62. The third kappa shape index (κ3) is 3.23. The summed E-state index contributed by atoms with van der Waals surface area (Å²) in [6, 6.07) is 8.04. The largest absolute Gasteiger partial charge is 0.334 e. The van der Waals surface area contributed by atoms with Crippen LogP contribution in [0.15, 0.2) is 51.9 Å². The van der Waals surface area contributed by atoms with Crippen LogP contribution >= 0.6 is 11.3 Å². The highest BCUT2D eigenvalue weighted by Crippen LogP contribution is 2.32. The van der Waals surface area contributed by atoms with E-state index in [1.165, 1.54) is 11.1 Å². The lowest BCUT2D eigenvalue weighted by Gasteiger charge is -2.29. The maximum atomic E-state index is 5.51. The summed E-state index contributed by atoms with van der Waals surface area (Å²) in [5.41, 5.74) is 6.51. The van der Waals surface area contributed by atoms with Crippen LogP contribution < -0.4 is 0 Å². The lowest BCUT2D eigenvalue weighted by Crippen LogP contribution is -2.31. The first-order valence-corrected chi connectivity index (χ1v) is 10.2. The van der Waals surface area contributed by atoms with Gasteiger partial charge in [-0.2, -0.15) is 16.3 Å². The number of aromatic nitrogens is 4. The monoisotopic (exact) mass is 389 g/mol. The van der Waals surface area contributed by atoms with Gasteiger partial charge < -0.3 is 4.52 Å². The van der Waals surface area contributed by atoms with E-state index in [4.69, 9.17) is 4.52 Å². The average molecular weight is 389 g/mol. The van der Waals surface area contributed by atoms with Crippen molar-refractivity contribution in [1.82, 2.24) is 25.0 Å². The lowest BCUT2D eigenvalue weighted by atomic mass is 9.94. The minimum Gasteiger partial charge on any atom is -0.334 e. The zero-order chi connectivity index (χ0) is 18.9. The van der Waals surface area contributed by atoms with Gasteiger partial charge in [0, 0.05) is 48.7 Å². The molecule has 0 fully saturated rings. The van der Waals surface area contributed by atoms with Crippen LogP contribution in [-0.2, 0) is 19.5 Å². The minimum atomic E-state index is 0.556. The fourth-order valence-corrected chi connectivity index (χ4v) is 4.32. The van der Waals surface area contributed by atoms with Crippen LogP contribution in [0.1, 0.15) is 22.5 Å². The highest BCUT2D eigenvalue weighted by molar-refractivity contribution is 7.08. The number of fused-ring (bicyclic) bond motifs is 1. The van der Waals surface area contributed by atoms with E-state index in [1.54, 1.807) is 11.3 Å². The molecular weight excluding hydrogens is 370 g/mol. The molecule has 5 heterocycles. The standard InChI is InChI=1S/C21H19N5OS/c1-14-19(20-24-21(27-25-20)15-6-9-28-13-15)18-5-8-26(11-16(18)10-23-14)12-17-4-2-3-7-22-17/h2-4,6-7,9-10,13H,5,8,11-12H2,1H3. The number of hydrogen-bond acceptors (Lipinski definition) is 7. The molecule has 0 saturated carbocycles. The Morgan fingerprint density at radius 2 is 2.18 bits per heavy atom. The van der Waals surface area contributed by atoms with Gasteiger partial charge in [0.15, 0.2) is 0 Å². The van der Waals surface area contributed by atoms with Gasteiger partial charge in [0.1, 0.15) is 0 Å². The summed E-state index contributed by atoms with van der Waals surface area (Å²) in [4.78, 5) is 16.1. The Morgan fingerprint density at radius 3 is 3.00 bits per heavy atom. The molecule has 0 amide bonds. The van der Waals surface area contributed by atoms with E-state index < -0.39 is 0 Å². The zero-order valence-corrected chi connectivity index (χ0v) is 16.3. The van der Waals surface area contributed by atoms with Gasteiger partial charge in [-0.15, -0.1) is 0 Å². The molecule has 0 N–H and O–H groups in total. The summed E-state index contributed by atoms with van der Waals surface area (Å²) < 4.78 is 5.51. The van der Waals surface area contributed by atoms with Crippen molar-refractivity contribution >= 4 is 11.3 Å². The number of pyridine rings is 2. The first-order chi connectivity index (χ1) is 13.8. The van der Waals surface area contributed by atoms with Crippen LogP contribution in [-0.4, -0.2) is 31.6 Å². The van der Waals surface area contributed by atoms with Crippen molar-refractivity contribution in [3.63, 3.8) is 0 Å². The van der Waals surface area contributed by atoms with Crippen molar-refractivity contribution in [2.75, 3.05) is 6.54 Å². The number of nitrogens with zero attached hydrogens (tertiary/aromatic N) is 5. The molecule has 0 unspecified atom stereocenters. The maximum absolute atomic E-state index is 5.51. The Balaban J connectivity index is 1.45. The molecule has 0 spiro atoms. The van der Waals surface area contributed by atoms with E-state index in [2.05, 4.69) is 31.1 Å². The molecule has 1 aliphatic heterocycles. The molecule has 1 aliphatic rings. The second kappa shape index (κ2) is 7.26. The topological polar surface area (TPSA) is 67.9 Å². The Kier molecular flexibility index (Phi) is 4.46. The van der Waals surface area contributed by atoms with Gasteiger partial charge >= 0.3 is 0 Å². The molecule has 0 aliphatic carbocycles. The Hall–Kier alpha value is -2.90. The van der Waals surface area contributed by atoms with Crippen molar-refractivity contribution in [3.8, 4) is 22.8 Å². The predicted molar refractivity (Wildman–Crippen MR) is 108 cm³/mol. The Bertz CT molecular complexity index is 1090. The van der Waals surface area contributed by atoms with Crippen molar-refractivity contribution in [3.05, 3.63) is 69.9 Å². The van der Waals surface area contributed by atoms with E-state index >= 15 is 0 Å². The first kappa shape index (κ1) is 17.2. The Morgan fingerprint density at radius 1 is 1.21 bits per heavy atom. The van der Waals surface area contributed by atoms with Crippen LogP contribution in [0.5, 0.6) is 0 Å². The second-order valence-electron chi connectivity index (χ2n) is 6.94.